The fourth-order valence-electron chi connectivity index (χ4n) is 2.17. The van der Waals surface area contributed by atoms with Crippen LogP contribution < -0.4 is 4.90 Å². The first kappa shape index (κ1) is 16.5. The zero-order valence-corrected chi connectivity index (χ0v) is 12.9. The molecule has 1 N–H and O–H groups in total. The van der Waals surface area contributed by atoms with Crippen molar-refractivity contribution in [1.29, 1.82) is 0 Å². The van der Waals surface area contributed by atoms with Gasteiger partial charge in [0.05, 0.1) is 26.4 Å². The standard InChI is InChI=1S/C17H17NO5/c1-22-16(20)14-8-3-4-9-18(15(14)17(21)23-2)13-7-5-6-12(10-13)11-19/h3-10,19H,11H2,1-2H3. The Kier molecular flexibility index (Phi) is 5.32. The second-order valence-corrected chi connectivity index (χ2v) is 4.64. The third-order valence-corrected chi connectivity index (χ3v) is 3.26. The van der Waals surface area contributed by atoms with Gasteiger partial charge in [-0.3, -0.25) is 0 Å². The van der Waals surface area contributed by atoms with Crippen molar-refractivity contribution in [1.82, 2.24) is 0 Å². The van der Waals surface area contributed by atoms with Crippen LogP contribution in [0.5, 0.6) is 0 Å². The molecule has 0 aliphatic carbocycles. The first-order chi connectivity index (χ1) is 11.1. The van der Waals surface area contributed by atoms with Crippen molar-refractivity contribution in [2.24, 2.45) is 0 Å². The summed E-state index contributed by atoms with van der Waals surface area (Å²) in [7, 11) is 2.48. The van der Waals surface area contributed by atoms with E-state index in [0.717, 1.165) is 0 Å². The summed E-state index contributed by atoms with van der Waals surface area (Å²) in [5.74, 6) is -1.32. The van der Waals surface area contributed by atoms with Crippen LogP contribution in [0.4, 0.5) is 5.69 Å². The van der Waals surface area contributed by atoms with Crippen molar-refractivity contribution in [2.75, 3.05) is 19.1 Å². The lowest BCUT2D eigenvalue weighted by atomic mass is 10.1. The Hall–Kier alpha value is -2.86. The summed E-state index contributed by atoms with van der Waals surface area (Å²) in [6, 6.07) is 6.98. The number of esters is 2. The topological polar surface area (TPSA) is 76.1 Å². The molecule has 0 atom stereocenters. The molecule has 0 amide bonds. The second kappa shape index (κ2) is 7.42. The van der Waals surface area contributed by atoms with Gasteiger partial charge >= 0.3 is 11.9 Å². The zero-order chi connectivity index (χ0) is 16.8. The number of carbonyl (C=O) groups is 2. The van der Waals surface area contributed by atoms with Crippen LogP contribution >= 0.6 is 0 Å². The Labute approximate surface area is 133 Å². The highest BCUT2D eigenvalue weighted by atomic mass is 16.5. The Morgan fingerprint density at radius 2 is 1.87 bits per heavy atom. The van der Waals surface area contributed by atoms with E-state index in [9.17, 15) is 14.7 Å². The molecule has 0 radical (unpaired) electrons. The van der Waals surface area contributed by atoms with Crippen molar-refractivity contribution in [2.45, 2.75) is 6.61 Å². The maximum absolute atomic E-state index is 12.2. The van der Waals surface area contributed by atoms with Gasteiger partial charge in [0.2, 0.25) is 0 Å². The molecule has 6 heteroatoms. The van der Waals surface area contributed by atoms with E-state index in [-0.39, 0.29) is 17.9 Å². The summed E-state index contributed by atoms with van der Waals surface area (Å²) in [6.45, 7) is -0.134. The van der Waals surface area contributed by atoms with E-state index >= 15 is 0 Å². The van der Waals surface area contributed by atoms with Crippen LogP contribution in [0.1, 0.15) is 5.56 Å². The summed E-state index contributed by atoms with van der Waals surface area (Å²) in [6.07, 6.45) is 6.44. The molecule has 0 fully saturated rings. The molecular formula is C17H17NO5. The number of ether oxygens (including phenoxy) is 2. The highest BCUT2D eigenvalue weighted by Gasteiger charge is 2.27. The molecule has 0 unspecified atom stereocenters. The van der Waals surface area contributed by atoms with Gasteiger partial charge in [-0.05, 0) is 29.8 Å². The first-order valence-corrected chi connectivity index (χ1v) is 6.87. The summed E-state index contributed by atoms with van der Waals surface area (Å²) in [4.78, 5) is 25.8. The summed E-state index contributed by atoms with van der Waals surface area (Å²) in [5, 5.41) is 9.29. The van der Waals surface area contributed by atoms with Gasteiger partial charge in [-0.15, -0.1) is 0 Å². The van der Waals surface area contributed by atoms with E-state index in [1.807, 2.05) is 0 Å². The number of rotatable bonds is 4. The van der Waals surface area contributed by atoms with Crippen LogP contribution in [0.15, 0.2) is 60.0 Å². The summed E-state index contributed by atoms with van der Waals surface area (Å²) in [5.41, 5.74) is 1.41. The molecule has 1 aliphatic rings. The number of anilines is 1. The number of nitrogens with zero attached hydrogens (tertiary/aromatic N) is 1. The Morgan fingerprint density at radius 3 is 2.52 bits per heavy atom. The van der Waals surface area contributed by atoms with Crippen LogP contribution in [0.3, 0.4) is 0 Å². The lowest BCUT2D eigenvalue weighted by Gasteiger charge is -2.23. The number of methoxy groups -OCH3 is 2. The van der Waals surface area contributed by atoms with E-state index in [1.54, 1.807) is 42.6 Å². The number of allylic oxidation sites excluding steroid dienone is 2. The van der Waals surface area contributed by atoms with Gasteiger partial charge < -0.3 is 19.5 Å². The van der Waals surface area contributed by atoms with Crippen molar-refractivity contribution < 1.29 is 24.2 Å². The molecular weight excluding hydrogens is 298 g/mol. The lowest BCUT2D eigenvalue weighted by Crippen LogP contribution is -2.27. The van der Waals surface area contributed by atoms with Gasteiger partial charge in [-0.1, -0.05) is 18.2 Å². The van der Waals surface area contributed by atoms with Crippen molar-refractivity contribution in [3.05, 3.63) is 65.5 Å². The van der Waals surface area contributed by atoms with E-state index in [1.165, 1.54) is 25.2 Å². The molecule has 120 valence electrons. The molecule has 0 saturated heterocycles. The summed E-state index contributed by atoms with van der Waals surface area (Å²) < 4.78 is 9.56. The number of aliphatic hydroxyl groups is 1. The Morgan fingerprint density at radius 1 is 1.13 bits per heavy atom. The first-order valence-electron chi connectivity index (χ1n) is 6.87. The maximum atomic E-state index is 12.2. The van der Waals surface area contributed by atoms with Gasteiger partial charge in [-0.2, -0.15) is 0 Å². The quantitative estimate of drug-likeness (QED) is 0.852. The molecule has 1 aromatic carbocycles. The molecule has 6 nitrogen and oxygen atoms in total. The van der Waals surface area contributed by atoms with E-state index in [0.29, 0.717) is 11.3 Å². The average Bonchev–Trinajstić information content (AvgIpc) is 2.83. The van der Waals surface area contributed by atoms with E-state index in [2.05, 4.69) is 0 Å². The number of hydrogen-bond acceptors (Lipinski definition) is 6. The molecule has 1 heterocycles. The van der Waals surface area contributed by atoms with Crippen LogP contribution in [0.2, 0.25) is 0 Å². The minimum absolute atomic E-state index is 0.0411. The number of benzene rings is 1. The van der Waals surface area contributed by atoms with Crippen molar-refractivity contribution >= 4 is 17.6 Å². The third kappa shape index (κ3) is 3.49. The smallest absolute Gasteiger partial charge is 0.355 e. The number of aliphatic hydroxyl groups excluding tert-OH is 1. The molecule has 0 saturated carbocycles. The fourth-order valence-corrected chi connectivity index (χ4v) is 2.17. The van der Waals surface area contributed by atoms with Crippen molar-refractivity contribution in [3.63, 3.8) is 0 Å². The zero-order valence-electron chi connectivity index (χ0n) is 12.9. The normalized spacial score (nSPS) is 13.8. The lowest BCUT2D eigenvalue weighted by molar-refractivity contribution is -0.139. The highest BCUT2D eigenvalue weighted by molar-refractivity contribution is 6.05. The fraction of sp³-hybridized carbons (Fsp3) is 0.176. The second-order valence-electron chi connectivity index (χ2n) is 4.64. The van der Waals surface area contributed by atoms with Crippen LogP contribution in [0, 0.1) is 0 Å². The predicted molar refractivity (Wildman–Crippen MR) is 84.2 cm³/mol. The molecule has 0 bridgehead atoms. The van der Waals surface area contributed by atoms with Gasteiger partial charge in [0.15, 0.2) is 0 Å². The van der Waals surface area contributed by atoms with Crippen LogP contribution in [-0.4, -0.2) is 31.3 Å². The molecule has 1 aromatic rings. The molecule has 0 aromatic heterocycles. The minimum atomic E-state index is -0.670. The number of carbonyl (C=O) groups excluding carboxylic acids is 2. The maximum Gasteiger partial charge on any atom is 0.355 e. The molecule has 2 rings (SSSR count). The average molecular weight is 315 g/mol. The highest BCUT2D eigenvalue weighted by Crippen LogP contribution is 2.26. The van der Waals surface area contributed by atoms with E-state index in [4.69, 9.17) is 9.47 Å². The van der Waals surface area contributed by atoms with Crippen LogP contribution in [0.25, 0.3) is 0 Å². The minimum Gasteiger partial charge on any atom is -0.465 e. The van der Waals surface area contributed by atoms with Gasteiger partial charge in [0.1, 0.15) is 5.70 Å². The van der Waals surface area contributed by atoms with E-state index < -0.39 is 11.9 Å². The number of hydrogen-bond donors (Lipinski definition) is 1. The molecule has 0 spiro atoms. The monoisotopic (exact) mass is 315 g/mol. The largest absolute Gasteiger partial charge is 0.465 e. The Balaban J connectivity index is 2.63. The third-order valence-electron chi connectivity index (χ3n) is 3.26. The SMILES string of the molecule is COC(=O)C1=C(C(=O)OC)N(c2cccc(CO)c2)C=CC=C1. The van der Waals surface area contributed by atoms with Gasteiger partial charge in [-0.25, -0.2) is 9.59 Å². The summed E-state index contributed by atoms with van der Waals surface area (Å²) >= 11 is 0. The predicted octanol–water partition coefficient (Wildman–Crippen LogP) is 1.67. The molecule has 23 heavy (non-hydrogen) atoms. The van der Waals surface area contributed by atoms with Gasteiger partial charge in [0, 0.05) is 11.9 Å². The Bertz CT molecular complexity index is 703. The van der Waals surface area contributed by atoms with Gasteiger partial charge in [0.25, 0.3) is 0 Å². The van der Waals surface area contributed by atoms with Crippen molar-refractivity contribution in [3.8, 4) is 0 Å². The van der Waals surface area contributed by atoms with Crippen LogP contribution in [-0.2, 0) is 25.7 Å². The molecule has 1 aliphatic heterocycles.